The summed E-state index contributed by atoms with van der Waals surface area (Å²) in [4.78, 5) is 17.2. The fourth-order valence-electron chi connectivity index (χ4n) is 1.92. The van der Waals surface area contributed by atoms with Crippen LogP contribution in [0.4, 0.5) is 0 Å². The zero-order chi connectivity index (χ0) is 15.5. The smallest absolute Gasteiger partial charge is 0.328 e. The highest BCUT2D eigenvalue weighted by Crippen LogP contribution is 2.33. The maximum atomic E-state index is 10.8. The van der Waals surface area contributed by atoms with E-state index in [4.69, 9.17) is 9.84 Å². The lowest BCUT2D eigenvalue weighted by Crippen LogP contribution is -1.89. The summed E-state index contributed by atoms with van der Waals surface area (Å²) in [5.41, 5.74) is 0.763. The van der Waals surface area contributed by atoms with Crippen molar-refractivity contribution < 1.29 is 14.6 Å². The predicted octanol–water partition coefficient (Wildman–Crippen LogP) is 3.65. The summed E-state index contributed by atoms with van der Waals surface area (Å²) in [7, 11) is 1.63. The van der Waals surface area contributed by atoms with Crippen LogP contribution in [0, 0.1) is 0 Å². The van der Waals surface area contributed by atoms with Crippen LogP contribution in [0.3, 0.4) is 0 Å². The van der Waals surface area contributed by atoms with E-state index in [1.165, 1.54) is 23.1 Å². The van der Waals surface area contributed by atoms with E-state index in [1.54, 1.807) is 13.2 Å². The number of methoxy groups -OCH3 is 1. The molecule has 0 aliphatic heterocycles. The number of nitrogens with zero attached hydrogens (tertiary/aromatic N) is 2. The van der Waals surface area contributed by atoms with Crippen LogP contribution in [-0.4, -0.2) is 27.6 Å². The van der Waals surface area contributed by atoms with E-state index in [-0.39, 0.29) is 0 Å². The van der Waals surface area contributed by atoms with Crippen LogP contribution in [-0.2, 0) is 4.79 Å². The van der Waals surface area contributed by atoms with Crippen molar-refractivity contribution in [1.82, 2.24) is 9.38 Å². The van der Waals surface area contributed by atoms with Crippen LogP contribution in [0.15, 0.2) is 51.8 Å². The number of hydrogen-bond donors (Lipinski definition) is 1. The average Bonchev–Trinajstić information content (AvgIpc) is 3.07. The van der Waals surface area contributed by atoms with Crippen LogP contribution >= 0.6 is 23.1 Å². The molecule has 1 aromatic carbocycles. The normalized spacial score (nSPS) is 11.3. The number of rotatable bonds is 5. The molecule has 1 N–H and O–H groups in total. The molecule has 5 nitrogen and oxygen atoms in total. The number of aliphatic carboxylic acids is 1. The summed E-state index contributed by atoms with van der Waals surface area (Å²) in [5, 5.41) is 11.5. The first-order chi connectivity index (χ1) is 10.7. The third-order valence-electron chi connectivity index (χ3n) is 2.92. The molecule has 0 bridgehead atoms. The molecule has 0 atom stereocenters. The summed E-state index contributed by atoms with van der Waals surface area (Å²) in [6, 6.07) is 7.66. The molecule has 2 heterocycles. The fraction of sp³-hybridized carbons (Fsp3) is 0.0667. The summed E-state index contributed by atoms with van der Waals surface area (Å²) >= 11 is 3.00. The van der Waals surface area contributed by atoms with E-state index >= 15 is 0 Å². The van der Waals surface area contributed by atoms with Crippen molar-refractivity contribution in [2.75, 3.05) is 7.11 Å². The molecule has 3 aromatic rings. The number of thiazole rings is 1. The SMILES string of the molecule is COc1ccc(Sc2nc3sccn3c2C=CC(=O)O)cc1. The van der Waals surface area contributed by atoms with Crippen molar-refractivity contribution in [3.8, 4) is 5.75 Å². The van der Waals surface area contributed by atoms with E-state index in [0.29, 0.717) is 0 Å². The second-order valence-corrected chi connectivity index (χ2v) is 6.24. The Hall–Kier alpha value is -2.25. The minimum Gasteiger partial charge on any atom is -0.497 e. The highest BCUT2D eigenvalue weighted by molar-refractivity contribution is 7.99. The summed E-state index contributed by atoms with van der Waals surface area (Å²) < 4.78 is 7.02. The van der Waals surface area contributed by atoms with Crippen molar-refractivity contribution in [2.45, 2.75) is 9.92 Å². The third-order valence-corrected chi connectivity index (χ3v) is 4.68. The van der Waals surface area contributed by atoms with Gasteiger partial charge in [-0.15, -0.1) is 11.3 Å². The van der Waals surface area contributed by atoms with Gasteiger partial charge in [0, 0.05) is 22.5 Å². The number of aromatic nitrogens is 2. The van der Waals surface area contributed by atoms with Gasteiger partial charge in [-0.05, 0) is 30.3 Å². The number of imidazole rings is 1. The molecule has 0 unspecified atom stereocenters. The van der Waals surface area contributed by atoms with Crippen LogP contribution in [0.1, 0.15) is 5.69 Å². The highest BCUT2D eigenvalue weighted by atomic mass is 32.2. The molecule has 0 amide bonds. The molecule has 0 fully saturated rings. The highest BCUT2D eigenvalue weighted by Gasteiger charge is 2.12. The van der Waals surface area contributed by atoms with Gasteiger partial charge in [-0.2, -0.15) is 0 Å². The third kappa shape index (κ3) is 3.00. The Balaban J connectivity index is 1.96. The van der Waals surface area contributed by atoms with Crippen LogP contribution < -0.4 is 4.74 Å². The van der Waals surface area contributed by atoms with Crippen LogP contribution in [0.5, 0.6) is 5.75 Å². The van der Waals surface area contributed by atoms with Gasteiger partial charge in [0.05, 0.1) is 12.8 Å². The van der Waals surface area contributed by atoms with Crippen molar-refractivity contribution in [3.05, 3.63) is 47.6 Å². The van der Waals surface area contributed by atoms with Crippen LogP contribution in [0.25, 0.3) is 11.0 Å². The Morgan fingerprint density at radius 3 is 2.86 bits per heavy atom. The lowest BCUT2D eigenvalue weighted by atomic mass is 10.3. The maximum Gasteiger partial charge on any atom is 0.328 e. The Morgan fingerprint density at radius 1 is 1.41 bits per heavy atom. The largest absolute Gasteiger partial charge is 0.497 e. The molecular weight excluding hydrogens is 320 g/mol. The molecular formula is C15H12N2O3S2. The molecule has 0 aliphatic carbocycles. The first-order valence-corrected chi connectivity index (χ1v) is 8.05. The minimum absolute atomic E-state index is 0.763. The standard InChI is InChI=1S/C15H12N2O3S2/c1-20-10-2-4-11(5-3-10)22-14-12(6-7-13(18)19)17-8-9-21-15(17)16-14/h2-9H,1H3,(H,18,19). The van der Waals surface area contributed by atoms with Crippen molar-refractivity contribution in [1.29, 1.82) is 0 Å². The molecule has 2 aromatic heterocycles. The lowest BCUT2D eigenvalue weighted by Gasteiger charge is -2.02. The summed E-state index contributed by atoms with van der Waals surface area (Å²) in [5.74, 6) is -0.188. The van der Waals surface area contributed by atoms with Gasteiger partial charge in [-0.1, -0.05) is 11.8 Å². The van der Waals surface area contributed by atoms with Gasteiger partial charge in [0.1, 0.15) is 10.8 Å². The molecule has 0 aliphatic rings. The number of benzene rings is 1. The molecule has 0 saturated carbocycles. The molecule has 112 valence electrons. The Morgan fingerprint density at radius 2 is 2.18 bits per heavy atom. The van der Waals surface area contributed by atoms with Gasteiger partial charge in [0.15, 0.2) is 4.96 Å². The van der Waals surface area contributed by atoms with Crippen molar-refractivity contribution in [3.63, 3.8) is 0 Å². The van der Waals surface area contributed by atoms with Crippen molar-refractivity contribution >= 4 is 40.1 Å². The van der Waals surface area contributed by atoms with E-state index in [9.17, 15) is 4.79 Å². The molecule has 22 heavy (non-hydrogen) atoms. The number of carboxylic acid groups (broad SMARTS) is 1. The number of fused-ring (bicyclic) bond motifs is 1. The maximum absolute atomic E-state index is 10.8. The number of carbonyl (C=O) groups is 1. The summed E-state index contributed by atoms with van der Waals surface area (Å²) in [6.07, 6.45) is 4.58. The molecule has 0 spiro atoms. The van der Waals surface area contributed by atoms with Gasteiger partial charge in [-0.25, -0.2) is 9.78 Å². The first kappa shape index (κ1) is 14.7. The monoisotopic (exact) mass is 332 g/mol. The van der Waals surface area contributed by atoms with E-state index in [0.717, 1.165) is 32.4 Å². The number of carboxylic acids is 1. The van der Waals surface area contributed by atoms with Crippen molar-refractivity contribution in [2.24, 2.45) is 0 Å². The van der Waals surface area contributed by atoms with Gasteiger partial charge in [-0.3, -0.25) is 4.40 Å². The minimum atomic E-state index is -0.981. The Labute approximate surface area is 134 Å². The number of hydrogen-bond acceptors (Lipinski definition) is 5. The Kier molecular flexibility index (Phi) is 4.17. The predicted molar refractivity (Wildman–Crippen MR) is 86.9 cm³/mol. The zero-order valence-electron chi connectivity index (χ0n) is 11.6. The summed E-state index contributed by atoms with van der Waals surface area (Å²) in [6.45, 7) is 0. The Bertz CT molecular complexity index is 834. The van der Waals surface area contributed by atoms with E-state index < -0.39 is 5.97 Å². The lowest BCUT2D eigenvalue weighted by molar-refractivity contribution is -0.131. The molecule has 0 radical (unpaired) electrons. The van der Waals surface area contributed by atoms with E-state index in [1.807, 2.05) is 40.2 Å². The van der Waals surface area contributed by atoms with Gasteiger partial charge in [0.25, 0.3) is 0 Å². The first-order valence-electron chi connectivity index (χ1n) is 6.36. The van der Waals surface area contributed by atoms with Gasteiger partial charge >= 0.3 is 5.97 Å². The van der Waals surface area contributed by atoms with Crippen LogP contribution in [0.2, 0.25) is 0 Å². The van der Waals surface area contributed by atoms with E-state index in [2.05, 4.69) is 4.98 Å². The second-order valence-electron chi connectivity index (χ2n) is 4.31. The fourth-order valence-corrected chi connectivity index (χ4v) is 3.59. The second kappa shape index (κ2) is 6.25. The topological polar surface area (TPSA) is 63.8 Å². The number of ether oxygens (including phenoxy) is 1. The molecule has 3 rings (SSSR count). The quantitative estimate of drug-likeness (QED) is 0.723. The zero-order valence-corrected chi connectivity index (χ0v) is 13.2. The molecule has 7 heteroatoms. The molecule has 0 saturated heterocycles. The average molecular weight is 332 g/mol. The van der Waals surface area contributed by atoms with Gasteiger partial charge in [0.2, 0.25) is 0 Å². The van der Waals surface area contributed by atoms with Gasteiger partial charge < -0.3 is 9.84 Å².